The van der Waals surface area contributed by atoms with Crippen molar-refractivity contribution in [3.05, 3.63) is 64.7 Å². The summed E-state index contributed by atoms with van der Waals surface area (Å²) in [6.07, 6.45) is 3.69. The van der Waals surface area contributed by atoms with Crippen LogP contribution in [0.4, 0.5) is 0 Å². The largest absolute Gasteiger partial charge is 0.484 e. The van der Waals surface area contributed by atoms with Crippen LogP contribution in [-0.4, -0.2) is 49.6 Å². The van der Waals surface area contributed by atoms with Gasteiger partial charge in [0.25, 0.3) is 5.91 Å². The van der Waals surface area contributed by atoms with Crippen LogP contribution >= 0.6 is 23.4 Å². The molecular weight excluding hydrogens is 450 g/mol. The van der Waals surface area contributed by atoms with E-state index in [4.69, 9.17) is 21.1 Å². The standard InChI is InChI=1S/C23H26ClN3O4S/c24-19-7-3-18(4-8-19)15-32-16-23(29)27-26-12-17-5-9-20(10-6-17)31-14-22(28)25-13-21-2-1-11-30-21/h3-10,12,21H,1-2,11,13-16H2,(H,25,28)(H,27,29)/b26-12-/t21-/m1/s1. The quantitative estimate of drug-likeness (QED) is 0.384. The Morgan fingerprint density at radius 3 is 2.66 bits per heavy atom. The monoisotopic (exact) mass is 475 g/mol. The number of thioether (sulfide) groups is 1. The van der Waals surface area contributed by atoms with Gasteiger partial charge in [0.2, 0.25) is 5.91 Å². The highest BCUT2D eigenvalue weighted by molar-refractivity contribution is 7.99. The zero-order chi connectivity index (χ0) is 22.6. The molecule has 2 aromatic carbocycles. The SMILES string of the molecule is O=C(COc1ccc(/C=N\NC(=O)CSCc2ccc(Cl)cc2)cc1)NC[C@H]1CCCO1. The van der Waals surface area contributed by atoms with E-state index in [1.807, 2.05) is 24.3 Å². The highest BCUT2D eigenvalue weighted by atomic mass is 35.5. The van der Waals surface area contributed by atoms with Crippen LogP contribution in [-0.2, 0) is 20.1 Å². The Bertz CT molecular complexity index is 900. The molecule has 1 saturated heterocycles. The van der Waals surface area contributed by atoms with Gasteiger partial charge in [-0.1, -0.05) is 23.7 Å². The van der Waals surface area contributed by atoms with Crippen LogP contribution in [0.25, 0.3) is 0 Å². The van der Waals surface area contributed by atoms with Gasteiger partial charge in [-0.15, -0.1) is 11.8 Å². The second-order valence-electron chi connectivity index (χ2n) is 7.21. The first-order chi connectivity index (χ1) is 15.6. The lowest BCUT2D eigenvalue weighted by Gasteiger charge is -2.11. The summed E-state index contributed by atoms with van der Waals surface area (Å²) < 4.78 is 11.0. The molecule has 1 aliphatic rings. The maximum Gasteiger partial charge on any atom is 0.258 e. The van der Waals surface area contributed by atoms with E-state index >= 15 is 0 Å². The molecule has 2 N–H and O–H groups in total. The fourth-order valence-corrected chi connectivity index (χ4v) is 3.84. The fourth-order valence-electron chi connectivity index (χ4n) is 2.94. The molecule has 1 atom stereocenters. The Balaban J connectivity index is 1.30. The van der Waals surface area contributed by atoms with Gasteiger partial charge in [-0.3, -0.25) is 9.59 Å². The Hall–Kier alpha value is -2.55. The van der Waals surface area contributed by atoms with Crippen LogP contribution in [0.3, 0.4) is 0 Å². The van der Waals surface area contributed by atoms with Crippen molar-refractivity contribution in [1.29, 1.82) is 0 Å². The first-order valence-corrected chi connectivity index (χ1v) is 11.9. The number of hydrogen-bond donors (Lipinski definition) is 2. The Labute approximate surface area is 196 Å². The maximum absolute atomic E-state index is 11.9. The van der Waals surface area contributed by atoms with E-state index in [-0.39, 0.29) is 24.5 Å². The van der Waals surface area contributed by atoms with Gasteiger partial charge >= 0.3 is 0 Å². The lowest BCUT2D eigenvalue weighted by Crippen LogP contribution is -2.35. The first kappa shape index (κ1) is 24.1. The molecule has 32 heavy (non-hydrogen) atoms. The van der Waals surface area contributed by atoms with Crippen LogP contribution < -0.4 is 15.5 Å². The average Bonchev–Trinajstić information content (AvgIpc) is 3.32. The Morgan fingerprint density at radius 2 is 1.94 bits per heavy atom. The second kappa shape index (κ2) is 13.1. The van der Waals surface area contributed by atoms with Gasteiger partial charge in [-0.25, -0.2) is 5.43 Å². The smallest absolute Gasteiger partial charge is 0.258 e. The summed E-state index contributed by atoms with van der Waals surface area (Å²) in [5.74, 6) is 1.26. The van der Waals surface area contributed by atoms with Crippen molar-refractivity contribution in [1.82, 2.24) is 10.7 Å². The molecule has 0 aromatic heterocycles. The molecule has 1 aliphatic heterocycles. The van der Waals surface area contributed by atoms with Crippen LogP contribution in [0, 0.1) is 0 Å². The van der Waals surface area contributed by atoms with Crippen molar-refractivity contribution in [3.63, 3.8) is 0 Å². The number of halogens is 1. The lowest BCUT2D eigenvalue weighted by atomic mass is 10.2. The number of carbonyl (C=O) groups is 2. The zero-order valence-electron chi connectivity index (χ0n) is 17.6. The summed E-state index contributed by atoms with van der Waals surface area (Å²) in [5.41, 5.74) is 4.42. The number of benzene rings is 2. The zero-order valence-corrected chi connectivity index (χ0v) is 19.2. The number of nitrogens with zero attached hydrogens (tertiary/aromatic N) is 1. The van der Waals surface area contributed by atoms with Gasteiger partial charge in [0.15, 0.2) is 6.61 Å². The molecule has 0 saturated carbocycles. The van der Waals surface area contributed by atoms with E-state index in [9.17, 15) is 9.59 Å². The molecule has 9 heteroatoms. The lowest BCUT2D eigenvalue weighted by molar-refractivity contribution is -0.123. The highest BCUT2D eigenvalue weighted by Gasteiger charge is 2.16. The summed E-state index contributed by atoms with van der Waals surface area (Å²) in [7, 11) is 0. The van der Waals surface area contributed by atoms with Crippen molar-refractivity contribution in [2.24, 2.45) is 5.10 Å². The molecule has 0 radical (unpaired) electrons. The van der Waals surface area contributed by atoms with E-state index in [1.54, 1.807) is 30.5 Å². The molecule has 0 unspecified atom stereocenters. The maximum atomic E-state index is 11.9. The molecule has 7 nitrogen and oxygen atoms in total. The molecular formula is C23H26ClN3O4S. The summed E-state index contributed by atoms with van der Waals surface area (Å²) in [6, 6.07) is 14.6. The van der Waals surface area contributed by atoms with Crippen molar-refractivity contribution >= 4 is 41.4 Å². The third-order valence-corrected chi connectivity index (χ3v) is 5.87. The third kappa shape index (κ3) is 8.90. The van der Waals surface area contributed by atoms with Crippen LogP contribution in [0.15, 0.2) is 53.6 Å². The number of carbonyl (C=O) groups excluding carboxylic acids is 2. The molecule has 1 fully saturated rings. The summed E-state index contributed by atoms with van der Waals surface area (Å²) >= 11 is 7.36. The average molecular weight is 476 g/mol. The number of nitrogens with one attached hydrogen (secondary N) is 2. The van der Waals surface area contributed by atoms with Crippen LogP contribution in [0.5, 0.6) is 5.75 Å². The van der Waals surface area contributed by atoms with E-state index < -0.39 is 0 Å². The molecule has 1 heterocycles. The molecule has 3 rings (SSSR count). The molecule has 2 aromatic rings. The summed E-state index contributed by atoms with van der Waals surface area (Å²) in [4.78, 5) is 23.7. The number of rotatable bonds is 11. The number of ether oxygens (including phenoxy) is 2. The minimum Gasteiger partial charge on any atom is -0.484 e. The minimum atomic E-state index is -0.178. The normalized spacial score (nSPS) is 15.6. The Morgan fingerprint density at radius 1 is 1.16 bits per heavy atom. The molecule has 170 valence electrons. The number of amides is 2. The topological polar surface area (TPSA) is 89.0 Å². The van der Waals surface area contributed by atoms with E-state index in [0.717, 1.165) is 36.3 Å². The molecule has 0 bridgehead atoms. The van der Waals surface area contributed by atoms with E-state index in [0.29, 0.717) is 23.1 Å². The first-order valence-electron chi connectivity index (χ1n) is 10.3. The minimum absolute atomic E-state index is 0.0517. The van der Waals surface area contributed by atoms with Crippen molar-refractivity contribution < 1.29 is 19.1 Å². The van der Waals surface area contributed by atoms with E-state index in [1.165, 1.54) is 11.8 Å². The van der Waals surface area contributed by atoms with Gasteiger partial charge < -0.3 is 14.8 Å². The van der Waals surface area contributed by atoms with Gasteiger partial charge in [0.1, 0.15) is 5.75 Å². The van der Waals surface area contributed by atoms with Crippen LogP contribution in [0.2, 0.25) is 5.02 Å². The molecule has 0 aliphatic carbocycles. The van der Waals surface area contributed by atoms with Gasteiger partial charge in [-0.2, -0.15) is 5.10 Å². The number of hydrazone groups is 1. The van der Waals surface area contributed by atoms with Gasteiger partial charge in [0, 0.05) is 23.9 Å². The summed E-state index contributed by atoms with van der Waals surface area (Å²) in [6.45, 7) is 1.23. The second-order valence-corrected chi connectivity index (χ2v) is 8.63. The van der Waals surface area contributed by atoms with Crippen molar-refractivity contribution in [2.45, 2.75) is 24.7 Å². The fraction of sp³-hybridized carbons (Fsp3) is 0.348. The number of hydrogen-bond acceptors (Lipinski definition) is 6. The predicted molar refractivity (Wildman–Crippen MR) is 127 cm³/mol. The third-order valence-electron chi connectivity index (χ3n) is 4.62. The molecule has 0 spiro atoms. The van der Waals surface area contributed by atoms with Gasteiger partial charge in [-0.05, 0) is 60.4 Å². The predicted octanol–water partition coefficient (Wildman–Crippen LogP) is 3.40. The van der Waals surface area contributed by atoms with Crippen molar-refractivity contribution in [3.8, 4) is 5.75 Å². The Kier molecular flexibility index (Phi) is 9.87. The highest BCUT2D eigenvalue weighted by Crippen LogP contribution is 2.15. The van der Waals surface area contributed by atoms with Crippen molar-refractivity contribution in [2.75, 3.05) is 25.5 Å². The van der Waals surface area contributed by atoms with Crippen LogP contribution in [0.1, 0.15) is 24.0 Å². The van der Waals surface area contributed by atoms with Gasteiger partial charge in [0.05, 0.1) is 18.1 Å². The molecule has 2 amide bonds. The summed E-state index contributed by atoms with van der Waals surface area (Å²) in [5, 5.41) is 7.48. The van der Waals surface area contributed by atoms with E-state index in [2.05, 4.69) is 15.8 Å².